The summed E-state index contributed by atoms with van der Waals surface area (Å²) in [5.74, 6) is 0.232. The highest BCUT2D eigenvalue weighted by molar-refractivity contribution is 5.88. The molecule has 0 aliphatic rings. The Morgan fingerprint density at radius 1 is 1.14 bits per heavy atom. The van der Waals surface area contributed by atoms with Crippen LogP contribution < -0.4 is 4.74 Å². The van der Waals surface area contributed by atoms with Gasteiger partial charge in [-0.15, -0.1) is 10.2 Å². The molecule has 0 radical (unpaired) electrons. The van der Waals surface area contributed by atoms with E-state index in [1.54, 1.807) is 31.2 Å². The highest BCUT2D eigenvalue weighted by Crippen LogP contribution is 2.20. The van der Waals surface area contributed by atoms with Crippen LogP contribution in [0.15, 0.2) is 47.5 Å². The van der Waals surface area contributed by atoms with Crippen molar-refractivity contribution in [3.63, 3.8) is 0 Å². The van der Waals surface area contributed by atoms with Gasteiger partial charge in [-0.1, -0.05) is 0 Å². The normalized spacial score (nSPS) is 10.3. The predicted molar refractivity (Wildman–Crippen MR) is 71.5 cm³/mol. The SMILES string of the molecule is Cc1cnc(C(=O)Oc2ccc(-c3nnco3)cc2)cn1. The van der Waals surface area contributed by atoms with Crippen molar-refractivity contribution < 1.29 is 13.9 Å². The molecule has 0 bridgehead atoms. The van der Waals surface area contributed by atoms with E-state index in [9.17, 15) is 4.79 Å². The summed E-state index contributed by atoms with van der Waals surface area (Å²) >= 11 is 0. The molecule has 2 aromatic heterocycles. The van der Waals surface area contributed by atoms with Gasteiger partial charge in [0.25, 0.3) is 0 Å². The van der Waals surface area contributed by atoms with Crippen LogP contribution in [0.2, 0.25) is 0 Å². The van der Waals surface area contributed by atoms with Gasteiger partial charge in [-0.05, 0) is 31.2 Å². The number of esters is 1. The number of hydrogen-bond acceptors (Lipinski definition) is 7. The minimum Gasteiger partial charge on any atom is -0.423 e. The van der Waals surface area contributed by atoms with Crippen LogP contribution in [0.5, 0.6) is 5.75 Å². The summed E-state index contributed by atoms with van der Waals surface area (Å²) in [6, 6.07) is 6.71. The van der Waals surface area contributed by atoms with E-state index in [2.05, 4.69) is 20.2 Å². The minimum atomic E-state index is -0.562. The van der Waals surface area contributed by atoms with Crippen molar-refractivity contribution in [2.75, 3.05) is 0 Å². The van der Waals surface area contributed by atoms with Gasteiger partial charge in [-0.25, -0.2) is 9.78 Å². The van der Waals surface area contributed by atoms with Crippen molar-refractivity contribution in [1.82, 2.24) is 20.2 Å². The molecule has 104 valence electrons. The van der Waals surface area contributed by atoms with E-state index in [0.717, 1.165) is 11.3 Å². The molecule has 0 amide bonds. The lowest BCUT2D eigenvalue weighted by Crippen LogP contribution is -2.11. The van der Waals surface area contributed by atoms with Gasteiger partial charge in [-0.3, -0.25) is 4.98 Å². The fourth-order valence-corrected chi connectivity index (χ4v) is 1.62. The maximum Gasteiger partial charge on any atom is 0.363 e. The maximum atomic E-state index is 11.9. The molecular weight excluding hydrogens is 272 g/mol. The highest BCUT2D eigenvalue weighted by Gasteiger charge is 2.11. The second-order valence-electron chi connectivity index (χ2n) is 4.20. The van der Waals surface area contributed by atoms with Crippen LogP contribution in [0.1, 0.15) is 16.2 Å². The van der Waals surface area contributed by atoms with Crippen molar-refractivity contribution in [2.24, 2.45) is 0 Å². The van der Waals surface area contributed by atoms with Gasteiger partial charge < -0.3 is 9.15 Å². The van der Waals surface area contributed by atoms with E-state index in [0.29, 0.717) is 11.6 Å². The molecule has 0 N–H and O–H groups in total. The maximum absolute atomic E-state index is 11.9. The first-order valence-corrected chi connectivity index (χ1v) is 6.10. The Morgan fingerprint density at radius 2 is 1.95 bits per heavy atom. The molecule has 7 heteroatoms. The Bertz CT molecular complexity index is 737. The molecule has 21 heavy (non-hydrogen) atoms. The number of nitrogens with zero attached hydrogens (tertiary/aromatic N) is 4. The molecule has 0 saturated carbocycles. The summed E-state index contributed by atoms with van der Waals surface area (Å²) in [7, 11) is 0. The van der Waals surface area contributed by atoms with E-state index in [1.165, 1.54) is 18.8 Å². The summed E-state index contributed by atoms with van der Waals surface area (Å²) in [5.41, 5.74) is 1.62. The first-order chi connectivity index (χ1) is 10.2. The van der Waals surface area contributed by atoms with Crippen LogP contribution in [-0.4, -0.2) is 26.1 Å². The zero-order valence-corrected chi connectivity index (χ0v) is 11.1. The number of carbonyl (C=O) groups excluding carboxylic acids is 1. The molecule has 3 aromatic rings. The Labute approximate surface area is 119 Å². The number of hydrogen-bond donors (Lipinski definition) is 0. The van der Waals surface area contributed by atoms with E-state index in [4.69, 9.17) is 9.15 Å². The zero-order chi connectivity index (χ0) is 14.7. The number of aromatic nitrogens is 4. The molecule has 0 spiro atoms. The van der Waals surface area contributed by atoms with Crippen molar-refractivity contribution >= 4 is 5.97 Å². The summed E-state index contributed by atoms with van der Waals surface area (Å²) in [4.78, 5) is 19.8. The number of carbonyl (C=O) groups is 1. The summed E-state index contributed by atoms with van der Waals surface area (Å²) in [6.45, 7) is 1.79. The van der Waals surface area contributed by atoms with Crippen LogP contribution in [0.25, 0.3) is 11.5 Å². The summed E-state index contributed by atoms with van der Waals surface area (Å²) < 4.78 is 10.3. The molecule has 0 saturated heterocycles. The molecule has 7 nitrogen and oxygen atoms in total. The van der Waals surface area contributed by atoms with Gasteiger partial charge in [0.15, 0.2) is 5.69 Å². The van der Waals surface area contributed by atoms with E-state index in [1.807, 2.05) is 0 Å². The lowest BCUT2D eigenvalue weighted by atomic mass is 10.2. The lowest BCUT2D eigenvalue weighted by molar-refractivity contribution is 0.0728. The molecule has 3 rings (SSSR count). The Morgan fingerprint density at radius 3 is 2.57 bits per heavy atom. The molecule has 0 atom stereocenters. The van der Waals surface area contributed by atoms with Gasteiger partial charge in [0.2, 0.25) is 12.3 Å². The molecule has 1 aromatic carbocycles. The molecule has 0 aliphatic heterocycles. The number of benzene rings is 1. The summed E-state index contributed by atoms with van der Waals surface area (Å²) in [6.07, 6.45) is 4.14. The lowest BCUT2D eigenvalue weighted by Gasteiger charge is -2.04. The fourth-order valence-electron chi connectivity index (χ4n) is 1.62. The van der Waals surface area contributed by atoms with Gasteiger partial charge in [0.1, 0.15) is 5.75 Å². The second kappa shape index (κ2) is 5.49. The zero-order valence-electron chi connectivity index (χ0n) is 11.1. The van der Waals surface area contributed by atoms with Crippen molar-refractivity contribution in [3.05, 3.63) is 54.4 Å². The number of rotatable bonds is 3. The average Bonchev–Trinajstić information content (AvgIpc) is 3.03. The standard InChI is InChI=1S/C14H10N4O3/c1-9-6-16-12(7-15-9)14(19)21-11-4-2-10(3-5-11)13-18-17-8-20-13/h2-8H,1H3. The largest absolute Gasteiger partial charge is 0.423 e. The predicted octanol–water partition coefficient (Wildman–Crippen LogP) is 2.05. The van der Waals surface area contributed by atoms with Crippen LogP contribution >= 0.6 is 0 Å². The molecule has 0 aliphatic carbocycles. The van der Waals surface area contributed by atoms with Gasteiger partial charge in [-0.2, -0.15) is 0 Å². The Kier molecular flexibility index (Phi) is 3.38. The summed E-state index contributed by atoms with van der Waals surface area (Å²) in [5, 5.41) is 7.39. The topological polar surface area (TPSA) is 91.0 Å². The van der Waals surface area contributed by atoms with Crippen molar-refractivity contribution in [1.29, 1.82) is 0 Å². The fraction of sp³-hybridized carbons (Fsp3) is 0.0714. The third kappa shape index (κ3) is 2.92. The van der Waals surface area contributed by atoms with Crippen LogP contribution in [-0.2, 0) is 0 Å². The molecule has 0 unspecified atom stereocenters. The van der Waals surface area contributed by atoms with Crippen LogP contribution in [0.3, 0.4) is 0 Å². The minimum absolute atomic E-state index is 0.154. The van der Waals surface area contributed by atoms with E-state index in [-0.39, 0.29) is 5.69 Å². The van der Waals surface area contributed by atoms with Crippen LogP contribution in [0, 0.1) is 6.92 Å². The van der Waals surface area contributed by atoms with Crippen molar-refractivity contribution in [3.8, 4) is 17.2 Å². The monoisotopic (exact) mass is 282 g/mol. The smallest absolute Gasteiger partial charge is 0.363 e. The average molecular weight is 282 g/mol. The molecule has 0 fully saturated rings. The third-order valence-corrected chi connectivity index (χ3v) is 2.66. The quantitative estimate of drug-likeness (QED) is 0.536. The highest BCUT2D eigenvalue weighted by atomic mass is 16.5. The molecular formula is C14H10N4O3. The van der Waals surface area contributed by atoms with E-state index >= 15 is 0 Å². The number of aryl methyl sites for hydroxylation is 1. The van der Waals surface area contributed by atoms with Crippen molar-refractivity contribution in [2.45, 2.75) is 6.92 Å². The van der Waals surface area contributed by atoms with Gasteiger partial charge in [0, 0.05) is 11.8 Å². The number of ether oxygens (including phenoxy) is 1. The second-order valence-corrected chi connectivity index (χ2v) is 4.20. The van der Waals surface area contributed by atoms with Crippen LogP contribution in [0.4, 0.5) is 0 Å². The Balaban J connectivity index is 1.73. The third-order valence-electron chi connectivity index (χ3n) is 2.66. The Hall–Kier alpha value is -3.09. The van der Waals surface area contributed by atoms with E-state index < -0.39 is 5.97 Å². The first-order valence-electron chi connectivity index (χ1n) is 6.10. The molecule has 2 heterocycles. The van der Waals surface area contributed by atoms with Gasteiger partial charge >= 0.3 is 5.97 Å². The van der Waals surface area contributed by atoms with Gasteiger partial charge in [0.05, 0.1) is 11.9 Å². The first kappa shape index (κ1) is 12.9.